The van der Waals surface area contributed by atoms with Crippen LogP contribution >= 0.6 is 11.6 Å². The van der Waals surface area contributed by atoms with Crippen molar-refractivity contribution in [1.82, 2.24) is 0 Å². The summed E-state index contributed by atoms with van der Waals surface area (Å²) in [4.78, 5) is 12.0. The minimum Gasteiger partial charge on any atom is -0.496 e. The van der Waals surface area contributed by atoms with Gasteiger partial charge in [0.25, 0.3) is 0 Å². The van der Waals surface area contributed by atoms with Crippen LogP contribution in [-0.2, 0) is 11.2 Å². The quantitative estimate of drug-likeness (QED) is 0.804. The highest BCUT2D eigenvalue weighted by molar-refractivity contribution is 6.30. The molecule has 1 aliphatic rings. The fourth-order valence-electron chi connectivity index (χ4n) is 2.65. The number of carbonyl (C=O) groups is 1. The van der Waals surface area contributed by atoms with E-state index in [1.165, 1.54) is 12.8 Å². The Kier molecular flexibility index (Phi) is 4.65. The van der Waals surface area contributed by atoms with E-state index in [9.17, 15) is 4.79 Å². The van der Waals surface area contributed by atoms with Gasteiger partial charge in [0.15, 0.2) is 0 Å². The standard InChI is InChI=1S/C15H19ClO2/c1-18-15-9-7-13(16)10-12(15)6-8-14(17)11-4-2-3-5-11/h7,9-11H,2-6,8H2,1H3. The van der Waals surface area contributed by atoms with Gasteiger partial charge in [-0.2, -0.15) is 0 Å². The largest absolute Gasteiger partial charge is 0.496 e. The average Bonchev–Trinajstić information content (AvgIpc) is 2.90. The van der Waals surface area contributed by atoms with Crippen molar-refractivity contribution < 1.29 is 9.53 Å². The van der Waals surface area contributed by atoms with Crippen molar-refractivity contribution in [2.75, 3.05) is 7.11 Å². The molecular formula is C15H19ClO2. The van der Waals surface area contributed by atoms with Gasteiger partial charge in [0, 0.05) is 17.4 Å². The maximum absolute atomic E-state index is 12.0. The number of methoxy groups -OCH3 is 1. The lowest BCUT2D eigenvalue weighted by molar-refractivity contribution is -0.122. The Morgan fingerprint density at radius 3 is 2.78 bits per heavy atom. The summed E-state index contributed by atoms with van der Waals surface area (Å²) in [6.07, 6.45) is 5.88. The maximum atomic E-state index is 12.0. The third-order valence-corrected chi connectivity index (χ3v) is 3.93. The summed E-state index contributed by atoms with van der Waals surface area (Å²) in [5.41, 5.74) is 1.02. The summed E-state index contributed by atoms with van der Waals surface area (Å²) in [5.74, 6) is 1.52. The Bertz CT molecular complexity index is 423. The van der Waals surface area contributed by atoms with Gasteiger partial charge in [-0.25, -0.2) is 0 Å². The van der Waals surface area contributed by atoms with Gasteiger partial charge in [-0.15, -0.1) is 0 Å². The Morgan fingerprint density at radius 1 is 1.39 bits per heavy atom. The molecule has 0 bridgehead atoms. The summed E-state index contributed by atoms with van der Waals surface area (Å²) in [6, 6.07) is 5.56. The summed E-state index contributed by atoms with van der Waals surface area (Å²) in [7, 11) is 1.64. The molecule has 0 radical (unpaired) electrons. The van der Waals surface area contributed by atoms with Crippen molar-refractivity contribution in [3.63, 3.8) is 0 Å². The van der Waals surface area contributed by atoms with Crippen LogP contribution in [0.25, 0.3) is 0 Å². The lowest BCUT2D eigenvalue weighted by Gasteiger charge is -2.10. The van der Waals surface area contributed by atoms with Crippen molar-refractivity contribution in [2.24, 2.45) is 5.92 Å². The average molecular weight is 267 g/mol. The number of ketones is 1. The normalized spacial score (nSPS) is 15.9. The molecule has 0 amide bonds. The van der Waals surface area contributed by atoms with Gasteiger partial charge < -0.3 is 4.74 Å². The molecule has 0 spiro atoms. The SMILES string of the molecule is COc1ccc(Cl)cc1CCC(=O)C1CCCC1. The molecule has 1 aromatic rings. The monoisotopic (exact) mass is 266 g/mol. The topological polar surface area (TPSA) is 26.3 Å². The Hall–Kier alpha value is -1.02. The number of hydrogen-bond donors (Lipinski definition) is 0. The molecule has 2 nitrogen and oxygen atoms in total. The third-order valence-electron chi connectivity index (χ3n) is 3.69. The van der Waals surface area contributed by atoms with Crippen LogP contribution in [0.5, 0.6) is 5.75 Å². The molecule has 0 heterocycles. The highest BCUT2D eigenvalue weighted by atomic mass is 35.5. The van der Waals surface area contributed by atoms with Crippen LogP contribution in [-0.4, -0.2) is 12.9 Å². The van der Waals surface area contributed by atoms with E-state index in [-0.39, 0.29) is 0 Å². The lowest BCUT2D eigenvalue weighted by atomic mass is 9.96. The first-order valence-electron chi connectivity index (χ1n) is 6.56. The number of halogens is 1. The Morgan fingerprint density at radius 2 is 2.11 bits per heavy atom. The second kappa shape index (κ2) is 6.24. The van der Waals surface area contributed by atoms with E-state index < -0.39 is 0 Å². The van der Waals surface area contributed by atoms with E-state index in [4.69, 9.17) is 16.3 Å². The summed E-state index contributed by atoms with van der Waals surface area (Å²) >= 11 is 5.98. The van der Waals surface area contributed by atoms with Crippen LogP contribution in [0.15, 0.2) is 18.2 Å². The molecule has 0 aromatic heterocycles. The Labute approximate surface area is 113 Å². The van der Waals surface area contributed by atoms with E-state index in [1.807, 2.05) is 18.2 Å². The zero-order chi connectivity index (χ0) is 13.0. The van der Waals surface area contributed by atoms with Crippen molar-refractivity contribution in [3.8, 4) is 5.75 Å². The fraction of sp³-hybridized carbons (Fsp3) is 0.533. The molecule has 0 aliphatic heterocycles. The van der Waals surface area contributed by atoms with Crippen molar-refractivity contribution in [1.29, 1.82) is 0 Å². The number of rotatable bonds is 5. The maximum Gasteiger partial charge on any atom is 0.136 e. The van der Waals surface area contributed by atoms with E-state index in [0.717, 1.165) is 30.6 Å². The minimum atomic E-state index is 0.301. The van der Waals surface area contributed by atoms with Gasteiger partial charge in [-0.1, -0.05) is 24.4 Å². The van der Waals surface area contributed by atoms with Gasteiger partial charge >= 0.3 is 0 Å². The molecule has 2 rings (SSSR count). The van der Waals surface area contributed by atoms with E-state index in [0.29, 0.717) is 23.1 Å². The van der Waals surface area contributed by atoms with Crippen LogP contribution in [0.3, 0.4) is 0 Å². The van der Waals surface area contributed by atoms with Crippen LogP contribution in [0.1, 0.15) is 37.7 Å². The molecular weight excluding hydrogens is 248 g/mol. The molecule has 18 heavy (non-hydrogen) atoms. The van der Waals surface area contributed by atoms with Crippen molar-refractivity contribution in [3.05, 3.63) is 28.8 Å². The smallest absolute Gasteiger partial charge is 0.136 e. The number of Topliss-reactive ketones (excluding diaryl/α,β-unsaturated/α-hetero) is 1. The van der Waals surface area contributed by atoms with Gasteiger partial charge in [0.05, 0.1) is 7.11 Å². The van der Waals surface area contributed by atoms with Crippen LogP contribution in [0.2, 0.25) is 5.02 Å². The van der Waals surface area contributed by atoms with Crippen molar-refractivity contribution in [2.45, 2.75) is 38.5 Å². The molecule has 3 heteroatoms. The van der Waals surface area contributed by atoms with Gasteiger partial charge in [-0.05, 0) is 43.0 Å². The predicted molar refractivity (Wildman–Crippen MR) is 73.3 cm³/mol. The first kappa shape index (κ1) is 13.4. The third kappa shape index (κ3) is 3.26. The molecule has 1 aliphatic carbocycles. The molecule has 0 unspecified atom stereocenters. The number of ether oxygens (including phenoxy) is 1. The van der Waals surface area contributed by atoms with Crippen LogP contribution in [0, 0.1) is 5.92 Å². The van der Waals surface area contributed by atoms with E-state index in [2.05, 4.69) is 0 Å². The summed E-state index contributed by atoms with van der Waals surface area (Å²) < 4.78 is 5.29. The Balaban J connectivity index is 1.96. The lowest BCUT2D eigenvalue weighted by Crippen LogP contribution is -2.11. The highest BCUT2D eigenvalue weighted by Gasteiger charge is 2.22. The zero-order valence-electron chi connectivity index (χ0n) is 10.7. The number of benzene rings is 1. The molecule has 1 aromatic carbocycles. The minimum absolute atomic E-state index is 0.301. The molecule has 1 saturated carbocycles. The number of hydrogen-bond acceptors (Lipinski definition) is 2. The van der Waals surface area contributed by atoms with Crippen molar-refractivity contribution >= 4 is 17.4 Å². The molecule has 0 atom stereocenters. The highest BCUT2D eigenvalue weighted by Crippen LogP contribution is 2.28. The van der Waals surface area contributed by atoms with Crippen LogP contribution in [0.4, 0.5) is 0 Å². The molecule has 1 fully saturated rings. The first-order valence-corrected chi connectivity index (χ1v) is 6.93. The van der Waals surface area contributed by atoms with Crippen LogP contribution < -0.4 is 4.74 Å². The number of carbonyl (C=O) groups excluding carboxylic acids is 1. The summed E-state index contributed by atoms with van der Waals surface area (Å²) in [5, 5.41) is 0.694. The van der Waals surface area contributed by atoms with E-state index >= 15 is 0 Å². The summed E-state index contributed by atoms with van der Waals surface area (Å²) in [6.45, 7) is 0. The number of aryl methyl sites for hydroxylation is 1. The van der Waals surface area contributed by atoms with Gasteiger partial charge in [0.2, 0.25) is 0 Å². The van der Waals surface area contributed by atoms with Gasteiger partial charge in [0.1, 0.15) is 11.5 Å². The fourth-order valence-corrected chi connectivity index (χ4v) is 2.85. The zero-order valence-corrected chi connectivity index (χ0v) is 11.5. The predicted octanol–water partition coefficient (Wildman–Crippen LogP) is 4.04. The molecule has 98 valence electrons. The van der Waals surface area contributed by atoms with Gasteiger partial charge in [-0.3, -0.25) is 4.79 Å². The second-order valence-electron chi connectivity index (χ2n) is 4.90. The first-order chi connectivity index (χ1) is 8.70. The molecule has 0 saturated heterocycles. The van der Waals surface area contributed by atoms with E-state index in [1.54, 1.807) is 7.11 Å². The molecule has 0 N–H and O–H groups in total. The second-order valence-corrected chi connectivity index (χ2v) is 5.34.